The third-order valence-electron chi connectivity index (χ3n) is 6.12. The number of carbonyl (C=O) groups is 1. The molecule has 0 spiro atoms. The van der Waals surface area contributed by atoms with Crippen LogP contribution in [0.15, 0.2) is 65.6 Å². The Morgan fingerprint density at radius 1 is 1.03 bits per heavy atom. The molecule has 3 aromatic rings. The molecule has 1 amide bonds. The van der Waals surface area contributed by atoms with Crippen LogP contribution in [0.25, 0.3) is 0 Å². The Bertz CT molecular complexity index is 1220. The van der Waals surface area contributed by atoms with Gasteiger partial charge in [0.1, 0.15) is 18.1 Å². The third-order valence-corrected chi connectivity index (χ3v) is 6.12. The maximum absolute atomic E-state index is 13.2. The fourth-order valence-electron chi connectivity index (χ4n) is 4.23. The van der Waals surface area contributed by atoms with Crippen LogP contribution in [0.4, 0.5) is 15.8 Å². The maximum Gasteiger partial charge on any atom is 0.244 e. The lowest BCUT2D eigenvalue weighted by atomic mass is 10.2. The quantitative estimate of drug-likeness (QED) is 0.492. The lowest BCUT2D eigenvalue weighted by Crippen LogP contribution is -2.46. The van der Waals surface area contributed by atoms with Crippen LogP contribution >= 0.6 is 0 Å². The zero-order valence-corrected chi connectivity index (χ0v) is 20.6. The van der Waals surface area contributed by atoms with Crippen molar-refractivity contribution < 1.29 is 18.7 Å². The topological polar surface area (TPSA) is 76.0 Å². The molecule has 0 bridgehead atoms. The Morgan fingerprint density at radius 3 is 2.36 bits per heavy atom. The molecule has 2 heterocycles. The van der Waals surface area contributed by atoms with Gasteiger partial charge in [0.25, 0.3) is 0 Å². The highest BCUT2D eigenvalue weighted by Gasteiger charge is 2.20. The Morgan fingerprint density at radius 2 is 1.72 bits per heavy atom. The third kappa shape index (κ3) is 6.42. The van der Waals surface area contributed by atoms with E-state index in [2.05, 4.69) is 15.1 Å². The Balaban J connectivity index is 1.42. The van der Waals surface area contributed by atoms with Crippen molar-refractivity contribution in [1.29, 1.82) is 0 Å². The van der Waals surface area contributed by atoms with Gasteiger partial charge in [-0.2, -0.15) is 0 Å². The zero-order valence-electron chi connectivity index (χ0n) is 20.6. The molecule has 0 unspecified atom stereocenters. The number of halogens is 1. The second-order valence-electron chi connectivity index (χ2n) is 8.57. The van der Waals surface area contributed by atoms with Gasteiger partial charge in [-0.1, -0.05) is 0 Å². The van der Waals surface area contributed by atoms with Crippen molar-refractivity contribution in [3.8, 4) is 11.5 Å². The highest BCUT2D eigenvalue weighted by atomic mass is 19.1. The minimum Gasteiger partial charge on any atom is -0.494 e. The molecule has 0 saturated carbocycles. The Kier molecular flexibility index (Phi) is 8.22. The molecule has 1 N–H and O–H groups in total. The number of piperazine rings is 1. The first kappa shape index (κ1) is 25.2. The summed E-state index contributed by atoms with van der Waals surface area (Å²) in [5.41, 5.74) is 2.16. The summed E-state index contributed by atoms with van der Waals surface area (Å²) in [6.07, 6.45) is 1.59. The minimum atomic E-state index is -0.249. The summed E-state index contributed by atoms with van der Waals surface area (Å²) in [6.45, 7) is 6.16. The number of hydrogen-bond donors (Lipinski definition) is 1. The van der Waals surface area contributed by atoms with Gasteiger partial charge in [0.15, 0.2) is 5.75 Å². The summed E-state index contributed by atoms with van der Waals surface area (Å²) in [5, 5.41) is 2.89. The van der Waals surface area contributed by atoms with E-state index in [-0.39, 0.29) is 29.4 Å². The predicted octanol–water partition coefficient (Wildman–Crippen LogP) is 3.36. The van der Waals surface area contributed by atoms with Crippen molar-refractivity contribution in [2.24, 2.45) is 0 Å². The number of nitrogens with zero attached hydrogens (tertiary/aromatic N) is 3. The molecule has 0 atom stereocenters. The van der Waals surface area contributed by atoms with Crippen molar-refractivity contribution in [3.05, 3.63) is 82.5 Å². The monoisotopic (exact) mass is 494 g/mol. The number of nitrogens with one attached hydrogen (secondary N) is 1. The number of amides is 1. The summed E-state index contributed by atoms with van der Waals surface area (Å²) in [5.74, 6) is 0.463. The van der Waals surface area contributed by atoms with E-state index < -0.39 is 0 Å². The van der Waals surface area contributed by atoms with Crippen LogP contribution in [0, 0.1) is 5.82 Å². The van der Waals surface area contributed by atoms with Crippen molar-refractivity contribution in [2.75, 3.05) is 50.1 Å². The highest BCUT2D eigenvalue weighted by molar-refractivity contribution is 5.90. The number of methoxy groups -OCH3 is 1. The van der Waals surface area contributed by atoms with Gasteiger partial charge in [-0.25, -0.2) is 4.39 Å². The Labute approximate surface area is 209 Å². The van der Waals surface area contributed by atoms with E-state index in [4.69, 9.17) is 9.47 Å². The van der Waals surface area contributed by atoms with Gasteiger partial charge in [-0.15, -0.1) is 0 Å². The second-order valence-corrected chi connectivity index (χ2v) is 8.57. The molecule has 1 fully saturated rings. The fraction of sp³-hybridized carbons (Fsp3) is 0.333. The zero-order chi connectivity index (χ0) is 25.5. The van der Waals surface area contributed by atoms with Crippen LogP contribution in [0.5, 0.6) is 11.5 Å². The fourth-order valence-corrected chi connectivity index (χ4v) is 4.23. The molecular formula is C27H31FN4O4. The molecule has 36 heavy (non-hydrogen) atoms. The second kappa shape index (κ2) is 11.7. The van der Waals surface area contributed by atoms with Crippen molar-refractivity contribution in [2.45, 2.75) is 20.0 Å². The molecule has 1 aliphatic heterocycles. The number of pyridine rings is 1. The summed E-state index contributed by atoms with van der Waals surface area (Å²) < 4.78 is 25.7. The average molecular weight is 495 g/mol. The van der Waals surface area contributed by atoms with Crippen molar-refractivity contribution in [3.63, 3.8) is 0 Å². The van der Waals surface area contributed by atoms with E-state index in [0.29, 0.717) is 18.8 Å². The summed E-state index contributed by atoms with van der Waals surface area (Å²) in [6, 6.07) is 15.2. The van der Waals surface area contributed by atoms with Gasteiger partial charge in [-0.3, -0.25) is 14.5 Å². The first-order valence-corrected chi connectivity index (χ1v) is 12.0. The molecule has 8 nitrogen and oxygen atoms in total. The van der Waals surface area contributed by atoms with Crippen LogP contribution in [-0.2, 0) is 17.9 Å². The molecule has 0 radical (unpaired) electrons. The largest absolute Gasteiger partial charge is 0.494 e. The first-order chi connectivity index (χ1) is 17.4. The molecule has 1 aromatic heterocycles. The van der Waals surface area contributed by atoms with E-state index >= 15 is 0 Å². The van der Waals surface area contributed by atoms with Crippen LogP contribution < -0.4 is 25.1 Å². The van der Waals surface area contributed by atoms with E-state index in [1.807, 2.05) is 6.92 Å². The smallest absolute Gasteiger partial charge is 0.244 e. The molecule has 9 heteroatoms. The van der Waals surface area contributed by atoms with Crippen LogP contribution in [-0.4, -0.2) is 55.3 Å². The molecule has 4 rings (SSSR count). The minimum absolute atomic E-state index is 0.0364. The number of hydrogen-bond acceptors (Lipinski definition) is 6. The van der Waals surface area contributed by atoms with E-state index in [0.717, 1.165) is 43.3 Å². The van der Waals surface area contributed by atoms with Gasteiger partial charge >= 0.3 is 0 Å². The normalized spacial score (nSPS) is 13.9. The lowest BCUT2D eigenvalue weighted by Gasteiger charge is -2.36. The lowest BCUT2D eigenvalue weighted by molar-refractivity contribution is -0.116. The van der Waals surface area contributed by atoms with E-state index in [9.17, 15) is 14.0 Å². The van der Waals surface area contributed by atoms with Gasteiger partial charge in [0, 0.05) is 55.9 Å². The van der Waals surface area contributed by atoms with E-state index in [1.54, 1.807) is 47.2 Å². The number of rotatable bonds is 9. The number of carbonyl (C=O) groups excluding carboxylic acids is 1. The molecule has 0 aliphatic carbocycles. The van der Waals surface area contributed by atoms with Crippen LogP contribution in [0.1, 0.15) is 12.6 Å². The number of ether oxygens (including phenoxy) is 2. The summed E-state index contributed by atoms with van der Waals surface area (Å²) in [4.78, 5) is 29.7. The summed E-state index contributed by atoms with van der Waals surface area (Å²) >= 11 is 0. The van der Waals surface area contributed by atoms with Crippen LogP contribution in [0.3, 0.4) is 0 Å². The Hall–Kier alpha value is -3.85. The maximum atomic E-state index is 13.2. The van der Waals surface area contributed by atoms with Gasteiger partial charge in [0.05, 0.1) is 19.9 Å². The van der Waals surface area contributed by atoms with E-state index in [1.165, 1.54) is 25.3 Å². The van der Waals surface area contributed by atoms with Crippen LogP contribution in [0.2, 0.25) is 0 Å². The molecule has 190 valence electrons. The van der Waals surface area contributed by atoms with Crippen molar-refractivity contribution >= 4 is 17.3 Å². The standard InChI is InChI=1S/C27H31FN4O4/c1-3-36-24-10-6-21(7-11-24)29-27(34)19-32-18-26(35-2)25(33)16-23(32)17-30-12-14-31(15-13-30)22-8-4-20(28)5-9-22/h4-11,16,18H,3,12-15,17,19H2,1-2H3,(H,29,34). The number of anilines is 2. The number of aromatic nitrogens is 1. The van der Waals surface area contributed by atoms with Gasteiger partial charge in [0.2, 0.25) is 11.3 Å². The highest BCUT2D eigenvalue weighted by Crippen LogP contribution is 2.19. The average Bonchev–Trinajstić information content (AvgIpc) is 2.88. The van der Waals surface area contributed by atoms with Gasteiger partial charge < -0.3 is 24.3 Å². The van der Waals surface area contributed by atoms with Gasteiger partial charge in [-0.05, 0) is 55.5 Å². The molecule has 1 aliphatic rings. The van der Waals surface area contributed by atoms with Crippen molar-refractivity contribution in [1.82, 2.24) is 9.47 Å². The first-order valence-electron chi connectivity index (χ1n) is 12.0. The number of benzene rings is 2. The summed E-state index contributed by atoms with van der Waals surface area (Å²) in [7, 11) is 1.44. The molecule has 2 aromatic carbocycles. The SMILES string of the molecule is CCOc1ccc(NC(=O)Cn2cc(OC)c(=O)cc2CN2CCN(c3ccc(F)cc3)CC2)cc1. The molecule has 1 saturated heterocycles. The predicted molar refractivity (Wildman–Crippen MR) is 137 cm³/mol. The molecular weight excluding hydrogens is 463 g/mol.